The number of halogens is 1. The highest BCUT2D eigenvalue weighted by Crippen LogP contribution is 2.25. The molecule has 0 aromatic carbocycles. The quantitative estimate of drug-likeness (QED) is 0.726. The smallest absolute Gasteiger partial charge is 0.410 e. The van der Waals surface area contributed by atoms with Crippen LogP contribution >= 0.6 is 15.9 Å². The summed E-state index contributed by atoms with van der Waals surface area (Å²) in [4.78, 5) is 27.9. The number of rotatable bonds is 3. The zero-order valence-corrected chi connectivity index (χ0v) is 14.7. The molecule has 2 fully saturated rings. The maximum Gasteiger partial charge on any atom is 0.410 e. The van der Waals surface area contributed by atoms with Gasteiger partial charge in [0, 0.05) is 31.4 Å². The van der Waals surface area contributed by atoms with E-state index in [4.69, 9.17) is 4.74 Å². The monoisotopic (exact) mass is 360 g/mol. The van der Waals surface area contributed by atoms with Gasteiger partial charge >= 0.3 is 6.09 Å². The first-order valence-electron chi connectivity index (χ1n) is 7.63. The van der Waals surface area contributed by atoms with Crippen LogP contribution in [0.15, 0.2) is 0 Å². The highest BCUT2D eigenvalue weighted by molar-refractivity contribution is 9.09. The summed E-state index contributed by atoms with van der Waals surface area (Å²) >= 11 is 3.45. The van der Waals surface area contributed by atoms with E-state index >= 15 is 0 Å². The van der Waals surface area contributed by atoms with Crippen LogP contribution in [0.2, 0.25) is 0 Å². The number of nitrogens with zero attached hydrogens (tertiary/aromatic N) is 2. The van der Waals surface area contributed by atoms with Gasteiger partial charge in [-0.2, -0.15) is 0 Å². The molecule has 2 rings (SSSR count). The molecule has 2 aliphatic heterocycles. The lowest BCUT2D eigenvalue weighted by molar-refractivity contribution is -0.128. The molecule has 0 aliphatic carbocycles. The number of carbonyl (C=O) groups is 2. The maximum absolute atomic E-state index is 12.2. The molecule has 2 amide bonds. The largest absolute Gasteiger partial charge is 0.444 e. The van der Waals surface area contributed by atoms with Crippen LogP contribution in [0.25, 0.3) is 0 Å². The topological polar surface area (TPSA) is 49.9 Å². The lowest BCUT2D eigenvalue weighted by Gasteiger charge is -2.31. The van der Waals surface area contributed by atoms with Crippen molar-refractivity contribution < 1.29 is 14.3 Å². The third-order valence-electron chi connectivity index (χ3n) is 3.95. The molecular formula is C15H25BrN2O3. The molecule has 6 heteroatoms. The maximum atomic E-state index is 12.2. The predicted octanol–water partition coefficient (Wildman–Crippen LogP) is 2.63. The second kappa shape index (κ2) is 6.55. The van der Waals surface area contributed by atoms with E-state index in [1.54, 1.807) is 4.90 Å². The van der Waals surface area contributed by atoms with Crippen molar-refractivity contribution in [3.8, 4) is 0 Å². The molecule has 5 nitrogen and oxygen atoms in total. The summed E-state index contributed by atoms with van der Waals surface area (Å²) < 4.78 is 5.46. The summed E-state index contributed by atoms with van der Waals surface area (Å²) in [6, 6.07) is 0.0953. The fourth-order valence-electron chi connectivity index (χ4n) is 2.97. The van der Waals surface area contributed by atoms with Crippen LogP contribution in [0.1, 0.15) is 40.0 Å². The highest BCUT2D eigenvalue weighted by Gasteiger charge is 2.36. The third-order valence-corrected chi connectivity index (χ3v) is 4.86. The van der Waals surface area contributed by atoms with Crippen LogP contribution in [0.5, 0.6) is 0 Å². The van der Waals surface area contributed by atoms with Crippen molar-refractivity contribution in [1.82, 2.24) is 9.80 Å². The summed E-state index contributed by atoms with van der Waals surface area (Å²) in [7, 11) is 0. The second-order valence-electron chi connectivity index (χ2n) is 6.99. The molecule has 0 saturated carbocycles. The van der Waals surface area contributed by atoms with Gasteiger partial charge in [-0.05, 0) is 39.5 Å². The van der Waals surface area contributed by atoms with Crippen LogP contribution in [0.3, 0.4) is 0 Å². The Bertz CT molecular complexity index is 408. The normalized spacial score (nSPS) is 26.6. The number of hydrogen-bond acceptors (Lipinski definition) is 3. The van der Waals surface area contributed by atoms with Gasteiger partial charge in [0.05, 0.1) is 6.04 Å². The number of alkyl halides is 1. The Morgan fingerprint density at radius 3 is 2.71 bits per heavy atom. The first kappa shape index (κ1) is 16.6. The Hall–Kier alpha value is -0.780. The molecule has 0 bridgehead atoms. The van der Waals surface area contributed by atoms with Crippen LogP contribution in [0, 0.1) is 5.92 Å². The first-order chi connectivity index (χ1) is 9.80. The molecule has 0 N–H and O–H groups in total. The van der Waals surface area contributed by atoms with Crippen molar-refractivity contribution in [2.24, 2.45) is 5.92 Å². The van der Waals surface area contributed by atoms with Gasteiger partial charge in [-0.1, -0.05) is 15.9 Å². The second-order valence-corrected chi connectivity index (χ2v) is 7.64. The average Bonchev–Trinajstić information content (AvgIpc) is 2.95. The predicted molar refractivity (Wildman–Crippen MR) is 84.4 cm³/mol. The summed E-state index contributed by atoms with van der Waals surface area (Å²) in [5.41, 5.74) is -0.477. The highest BCUT2D eigenvalue weighted by atomic mass is 79.9. The van der Waals surface area contributed by atoms with Crippen molar-refractivity contribution in [2.45, 2.75) is 51.7 Å². The van der Waals surface area contributed by atoms with Gasteiger partial charge in [0.15, 0.2) is 0 Å². The molecular weight excluding hydrogens is 336 g/mol. The van der Waals surface area contributed by atoms with E-state index < -0.39 is 5.60 Å². The summed E-state index contributed by atoms with van der Waals surface area (Å²) in [6.07, 6.45) is 2.29. The van der Waals surface area contributed by atoms with E-state index in [0.717, 1.165) is 31.3 Å². The molecule has 2 aliphatic rings. The molecule has 2 unspecified atom stereocenters. The number of hydrogen-bond donors (Lipinski definition) is 0. The summed E-state index contributed by atoms with van der Waals surface area (Å²) in [5, 5.41) is 0.857. The van der Waals surface area contributed by atoms with Gasteiger partial charge in [-0.25, -0.2) is 4.79 Å². The van der Waals surface area contributed by atoms with Crippen LogP contribution in [-0.2, 0) is 9.53 Å². The fraction of sp³-hybridized carbons (Fsp3) is 0.867. The van der Waals surface area contributed by atoms with Gasteiger partial charge in [-0.15, -0.1) is 0 Å². The lowest BCUT2D eigenvalue weighted by Crippen LogP contribution is -2.45. The van der Waals surface area contributed by atoms with E-state index in [0.29, 0.717) is 18.9 Å². The lowest BCUT2D eigenvalue weighted by atomic mass is 10.1. The molecule has 0 spiro atoms. The number of likely N-dealkylation sites (tertiary alicyclic amines) is 2. The molecule has 0 aromatic rings. The standard InChI is InChI=1S/C15H25BrN2O3/c1-15(2,3)21-14(20)18-6-4-5-12(18)10-17-9-11(8-16)7-13(17)19/h11-12H,4-10H2,1-3H3. The van der Waals surface area contributed by atoms with E-state index in [9.17, 15) is 9.59 Å². The molecule has 2 saturated heterocycles. The zero-order valence-electron chi connectivity index (χ0n) is 13.1. The van der Waals surface area contributed by atoms with Crippen molar-refractivity contribution in [3.05, 3.63) is 0 Å². The molecule has 0 aromatic heterocycles. The van der Waals surface area contributed by atoms with Crippen molar-refractivity contribution in [1.29, 1.82) is 0 Å². The first-order valence-corrected chi connectivity index (χ1v) is 8.75. The summed E-state index contributed by atoms with van der Waals surface area (Å²) in [6.45, 7) is 7.79. The van der Waals surface area contributed by atoms with Crippen LogP contribution in [0.4, 0.5) is 4.79 Å². The molecule has 2 heterocycles. The fourth-order valence-corrected chi connectivity index (χ4v) is 3.41. The van der Waals surface area contributed by atoms with Crippen LogP contribution < -0.4 is 0 Å². The Labute approximate surface area is 135 Å². The number of amides is 2. The SMILES string of the molecule is CC(C)(C)OC(=O)N1CCCC1CN1CC(CBr)CC1=O. The van der Waals surface area contributed by atoms with Gasteiger partial charge < -0.3 is 14.5 Å². The third kappa shape index (κ3) is 4.34. The van der Waals surface area contributed by atoms with E-state index in [2.05, 4.69) is 15.9 Å². The molecule has 2 atom stereocenters. The van der Waals surface area contributed by atoms with E-state index in [1.807, 2.05) is 25.7 Å². The Morgan fingerprint density at radius 1 is 1.43 bits per heavy atom. The van der Waals surface area contributed by atoms with Crippen molar-refractivity contribution in [2.75, 3.05) is 25.0 Å². The minimum atomic E-state index is -0.477. The van der Waals surface area contributed by atoms with Crippen LogP contribution in [-0.4, -0.2) is 58.4 Å². The minimum Gasteiger partial charge on any atom is -0.444 e. The Balaban J connectivity index is 1.93. The van der Waals surface area contributed by atoms with Gasteiger partial charge in [-0.3, -0.25) is 4.79 Å². The van der Waals surface area contributed by atoms with E-state index in [1.165, 1.54) is 0 Å². The van der Waals surface area contributed by atoms with E-state index in [-0.39, 0.29) is 18.0 Å². The average molecular weight is 361 g/mol. The minimum absolute atomic E-state index is 0.0953. The Kier molecular flexibility index (Phi) is 5.17. The molecule has 0 radical (unpaired) electrons. The number of ether oxygens (including phenoxy) is 1. The van der Waals surface area contributed by atoms with Gasteiger partial charge in [0.25, 0.3) is 0 Å². The molecule has 120 valence electrons. The van der Waals surface area contributed by atoms with Gasteiger partial charge in [0.1, 0.15) is 5.60 Å². The van der Waals surface area contributed by atoms with Crippen molar-refractivity contribution >= 4 is 27.9 Å². The number of carbonyl (C=O) groups excluding carboxylic acids is 2. The zero-order chi connectivity index (χ0) is 15.6. The van der Waals surface area contributed by atoms with Crippen molar-refractivity contribution in [3.63, 3.8) is 0 Å². The van der Waals surface area contributed by atoms with Gasteiger partial charge in [0.2, 0.25) is 5.91 Å². The Morgan fingerprint density at radius 2 is 2.14 bits per heavy atom. The molecule has 21 heavy (non-hydrogen) atoms. The summed E-state index contributed by atoms with van der Waals surface area (Å²) in [5.74, 6) is 0.601.